The van der Waals surface area contributed by atoms with E-state index in [2.05, 4.69) is 44.7 Å². The van der Waals surface area contributed by atoms with Gasteiger partial charge in [0.15, 0.2) is 0 Å². The number of nitrogens with zero attached hydrogens (tertiary/aromatic N) is 4. The summed E-state index contributed by atoms with van der Waals surface area (Å²) in [6.07, 6.45) is 1.80. The maximum atomic E-state index is 4.55. The van der Waals surface area contributed by atoms with Gasteiger partial charge in [-0.2, -0.15) is 0 Å². The lowest BCUT2D eigenvalue weighted by Gasteiger charge is -2.15. The van der Waals surface area contributed by atoms with Crippen LogP contribution in [0.2, 0.25) is 0 Å². The van der Waals surface area contributed by atoms with Gasteiger partial charge in [-0.3, -0.25) is 4.98 Å². The van der Waals surface area contributed by atoms with Gasteiger partial charge in [0, 0.05) is 28.5 Å². The zero-order valence-electron chi connectivity index (χ0n) is 16.2. The zero-order chi connectivity index (χ0) is 20.2. The van der Waals surface area contributed by atoms with E-state index in [-0.39, 0.29) is 0 Å². The van der Waals surface area contributed by atoms with Crippen LogP contribution in [0.1, 0.15) is 0 Å². The predicted octanol–water partition coefficient (Wildman–Crippen LogP) is 5.93. The molecule has 0 aliphatic rings. The van der Waals surface area contributed by atoms with Crippen LogP contribution in [0.3, 0.4) is 0 Å². The minimum absolute atomic E-state index is 0.788. The molecule has 0 aliphatic heterocycles. The summed E-state index contributed by atoms with van der Waals surface area (Å²) in [4.78, 5) is 4.55. The quantitative estimate of drug-likeness (QED) is 0.384. The van der Waals surface area contributed by atoms with Crippen LogP contribution in [0.15, 0.2) is 109 Å². The molecule has 0 spiro atoms. The Hall–Kier alpha value is -4.18. The van der Waals surface area contributed by atoms with Crippen LogP contribution in [0.5, 0.6) is 0 Å². The number of rotatable bonds is 4. The molecule has 0 unspecified atom stereocenters. The molecule has 4 heteroatoms. The largest absolute Gasteiger partial charge is 0.256 e. The summed E-state index contributed by atoms with van der Waals surface area (Å²) in [5.74, 6) is 0. The van der Waals surface area contributed by atoms with Gasteiger partial charge in [0.25, 0.3) is 0 Å². The van der Waals surface area contributed by atoms with Gasteiger partial charge in [-0.15, -0.1) is 10.2 Å². The Labute approximate surface area is 174 Å². The van der Waals surface area contributed by atoms with E-state index in [4.69, 9.17) is 0 Å². The maximum absolute atomic E-state index is 4.55. The third-order valence-corrected chi connectivity index (χ3v) is 5.00. The van der Waals surface area contributed by atoms with Crippen molar-refractivity contribution >= 4 is 0 Å². The molecule has 0 amide bonds. The lowest BCUT2D eigenvalue weighted by molar-refractivity contribution is 0.879. The summed E-state index contributed by atoms with van der Waals surface area (Å²) < 4.78 is 0. The molecule has 0 N–H and O–H groups in total. The van der Waals surface area contributed by atoms with Crippen LogP contribution >= 0.6 is 0 Å². The molecule has 2 heterocycles. The second kappa shape index (κ2) is 8.05. The molecule has 0 fully saturated rings. The van der Waals surface area contributed by atoms with Crippen molar-refractivity contribution in [3.05, 3.63) is 109 Å². The Morgan fingerprint density at radius 3 is 1.77 bits per heavy atom. The second-order valence-corrected chi connectivity index (χ2v) is 6.85. The minimum atomic E-state index is 0.788. The minimum Gasteiger partial charge on any atom is -0.256 e. The molecule has 0 atom stereocenters. The molecule has 3 aromatic carbocycles. The van der Waals surface area contributed by atoms with Gasteiger partial charge in [-0.05, 0) is 22.9 Å². The van der Waals surface area contributed by atoms with Gasteiger partial charge in [0.1, 0.15) is 11.4 Å². The zero-order valence-corrected chi connectivity index (χ0v) is 16.2. The third-order valence-electron chi connectivity index (χ3n) is 5.00. The molecule has 4 nitrogen and oxygen atoms in total. The van der Waals surface area contributed by atoms with Gasteiger partial charge in [-0.1, -0.05) is 91.0 Å². The standard InChI is InChI=1S/C26H18N4/c1-3-11-19(12-4-1)24-25(20-13-5-2-6-14-20)28-30-29-26(24)22-16-8-7-15-21(22)23-17-9-10-18-27-23/h1-18H. The number of benzene rings is 3. The lowest BCUT2D eigenvalue weighted by atomic mass is 9.92. The Morgan fingerprint density at radius 2 is 1.07 bits per heavy atom. The summed E-state index contributed by atoms with van der Waals surface area (Å²) in [6.45, 7) is 0. The van der Waals surface area contributed by atoms with Crippen LogP contribution in [0, 0.1) is 0 Å². The molecule has 142 valence electrons. The summed E-state index contributed by atoms with van der Waals surface area (Å²) >= 11 is 0. The van der Waals surface area contributed by atoms with Crippen molar-refractivity contribution in [1.29, 1.82) is 0 Å². The molecule has 0 aliphatic carbocycles. The highest BCUT2D eigenvalue weighted by Gasteiger charge is 2.20. The molecular weight excluding hydrogens is 368 g/mol. The Kier molecular flexibility index (Phi) is 4.80. The van der Waals surface area contributed by atoms with Gasteiger partial charge in [-0.25, -0.2) is 0 Å². The molecule has 2 aromatic heterocycles. The number of hydrogen-bond donors (Lipinski definition) is 0. The Morgan fingerprint density at radius 1 is 0.467 bits per heavy atom. The van der Waals surface area contributed by atoms with E-state index >= 15 is 0 Å². The van der Waals surface area contributed by atoms with Crippen molar-refractivity contribution in [2.45, 2.75) is 0 Å². The smallest absolute Gasteiger partial charge is 0.105 e. The van der Waals surface area contributed by atoms with Crippen LogP contribution in [-0.4, -0.2) is 20.4 Å². The molecule has 5 rings (SSSR count). The van der Waals surface area contributed by atoms with Crippen LogP contribution in [-0.2, 0) is 0 Å². The van der Waals surface area contributed by atoms with Gasteiger partial charge in [0.2, 0.25) is 0 Å². The van der Waals surface area contributed by atoms with Crippen molar-refractivity contribution < 1.29 is 0 Å². The fourth-order valence-electron chi connectivity index (χ4n) is 3.62. The first-order chi connectivity index (χ1) is 14.9. The van der Waals surface area contributed by atoms with E-state index in [1.807, 2.05) is 78.9 Å². The highest BCUT2D eigenvalue weighted by Crippen LogP contribution is 2.39. The highest BCUT2D eigenvalue weighted by molar-refractivity contribution is 5.94. The fourth-order valence-corrected chi connectivity index (χ4v) is 3.62. The summed E-state index contributed by atoms with van der Waals surface area (Å²) in [5.41, 5.74) is 7.48. The van der Waals surface area contributed by atoms with Crippen molar-refractivity contribution in [3.8, 4) is 44.9 Å². The van der Waals surface area contributed by atoms with E-state index in [0.29, 0.717) is 0 Å². The van der Waals surface area contributed by atoms with Gasteiger partial charge in [0.05, 0.1) is 5.69 Å². The third kappa shape index (κ3) is 3.35. The molecule has 30 heavy (non-hydrogen) atoms. The van der Waals surface area contributed by atoms with Crippen molar-refractivity contribution in [3.63, 3.8) is 0 Å². The summed E-state index contributed by atoms with van der Waals surface area (Å²) in [7, 11) is 0. The Balaban J connectivity index is 1.81. The molecular formula is C26H18N4. The topological polar surface area (TPSA) is 51.6 Å². The Bertz CT molecular complexity index is 1270. The second-order valence-electron chi connectivity index (χ2n) is 6.85. The fraction of sp³-hybridized carbons (Fsp3) is 0. The van der Waals surface area contributed by atoms with Crippen LogP contribution < -0.4 is 0 Å². The normalized spacial score (nSPS) is 10.7. The number of hydrogen-bond acceptors (Lipinski definition) is 4. The average Bonchev–Trinajstić information content (AvgIpc) is 2.85. The number of aromatic nitrogens is 4. The number of pyridine rings is 1. The van der Waals surface area contributed by atoms with Crippen LogP contribution in [0.4, 0.5) is 0 Å². The van der Waals surface area contributed by atoms with Crippen molar-refractivity contribution in [2.75, 3.05) is 0 Å². The monoisotopic (exact) mass is 386 g/mol. The SMILES string of the molecule is c1ccc(-c2nnnc(-c3ccccc3-c3ccccn3)c2-c2ccccc2)cc1. The van der Waals surface area contributed by atoms with Gasteiger partial charge < -0.3 is 0 Å². The van der Waals surface area contributed by atoms with E-state index in [0.717, 1.165) is 44.9 Å². The van der Waals surface area contributed by atoms with E-state index in [9.17, 15) is 0 Å². The lowest BCUT2D eigenvalue weighted by Crippen LogP contribution is -2.01. The summed E-state index contributed by atoms with van der Waals surface area (Å²) in [5, 5.41) is 13.1. The highest BCUT2D eigenvalue weighted by atomic mass is 15.3. The van der Waals surface area contributed by atoms with Crippen molar-refractivity contribution in [1.82, 2.24) is 20.4 Å². The van der Waals surface area contributed by atoms with E-state index in [1.165, 1.54) is 0 Å². The summed E-state index contributed by atoms with van der Waals surface area (Å²) in [6, 6.07) is 34.4. The first kappa shape index (κ1) is 17.9. The first-order valence-electron chi connectivity index (χ1n) is 9.77. The maximum Gasteiger partial charge on any atom is 0.105 e. The van der Waals surface area contributed by atoms with E-state index < -0.39 is 0 Å². The van der Waals surface area contributed by atoms with Crippen molar-refractivity contribution in [2.24, 2.45) is 0 Å². The first-order valence-corrected chi connectivity index (χ1v) is 9.77. The molecule has 0 saturated heterocycles. The molecule has 0 bridgehead atoms. The predicted molar refractivity (Wildman–Crippen MR) is 119 cm³/mol. The van der Waals surface area contributed by atoms with Crippen LogP contribution in [0.25, 0.3) is 44.9 Å². The van der Waals surface area contributed by atoms with E-state index in [1.54, 1.807) is 6.20 Å². The average molecular weight is 386 g/mol. The molecule has 5 aromatic rings. The van der Waals surface area contributed by atoms with Gasteiger partial charge >= 0.3 is 0 Å². The molecule has 0 radical (unpaired) electrons. The molecule has 0 saturated carbocycles.